The molecule has 0 aliphatic rings. The molecular formula is C53H76O6. The van der Waals surface area contributed by atoms with Gasteiger partial charge >= 0.3 is 17.9 Å². The van der Waals surface area contributed by atoms with Gasteiger partial charge in [0.1, 0.15) is 13.2 Å². The molecule has 1 unspecified atom stereocenters. The van der Waals surface area contributed by atoms with Gasteiger partial charge in [0.2, 0.25) is 0 Å². The number of hydrogen-bond acceptors (Lipinski definition) is 6. The molecule has 6 heteroatoms. The van der Waals surface area contributed by atoms with Crippen LogP contribution in [0.5, 0.6) is 0 Å². The lowest BCUT2D eigenvalue weighted by Crippen LogP contribution is -2.30. The molecule has 324 valence electrons. The highest BCUT2D eigenvalue weighted by atomic mass is 16.6. The minimum atomic E-state index is -0.836. The van der Waals surface area contributed by atoms with E-state index in [0.717, 1.165) is 77.0 Å². The predicted octanol–water partition coefficient (Wildman–Crippen LogP) is 14.3. The number of unbranched alkanes of at least 4 members (excludes halogenated alkanes) is 8. The molecule has 0 rings (SSSR count). The lowest BCUT2D eigenvalue weighted by atomic mass is 10.1. The van der Waals surface area contributed by atoms with Gasteiger partial charge in [0.15, 0.2) is 6.10 Å². The van der Waals surface area contributed by atoms with Gasteiger partial charge in [0.25, 0.3) is 0 Å². The number of rotatable bonds is 36. The van der Waals surface area contributed by atoms with E-state index in [2.05, 4.69) is 69.4 Å². The van der Waals surface area contributed by atoms with Crippen LogP contribution in [-0.4, -0.2) is 37.2 Å². The van der Waals surface area contributed by atoms with E-state index in [-0.39, 0.29) is 50.4 Å². The minimum Gasteiger partial charge on any atom is -0.462 e. The molecule has 0 bridgehead atoms. The Morgan fingerprint density at radius 3 is 1.14 bits per heavy atom. The maximum Gasteiger partial charge on any atom is 0.306 e. The lowest BCUT2D eigenvalue weighted by Gasteiger charge is -2.18. The molecule has 0 radical (unpaired) electrons. The first-order valence-electron chi connectivity index (χ1n) is 22.1. The van der Waals surface area contributed by atoms with Crippen molar-refractivity contribution in [1.82, 2.24) is 0 Å². The third-order valence-electron chi connectivity index (χ3n) is 8.30. The second-order valence-corrected chi connectivity index (χ2v) is 13.7. The van der Waals surface area contributed by atoms with Gasteiger partial charge in [-0.2, -0.15) is 0 Å². The number of esters is 3. The van der Waals surface area contributed by atoms with Gasteiger partial charge in [-0.3, -0.25) is 14.4 Å². The second kappa shape index (κ2) is 45.7. The number of carbonyl (C=O) groups is 3. The summed E-state index contributed by atoms with van der Waals surface area (Å²) in [5.74, 6) is -1.08. The maximum absolute atomic E-state index is 12.7. The van der Waals surface area contributed by atoms with Crippen LogP contribution in [0.4, 0.5) is 0 Å². The molecule has 0 aromatic carbocycles. The monoisotopic (exact) mass is 809 g/mol. The molecule has 6 nitrogen and oxygen atoms in total. The summed E-state index contributed by atoms with van der Waals surface area (Å²) < 4.78 is 16.6. The highest BCUT2D eigenvalue weighted by Crippen LogP contribution is 2.10. The Bertz CT molecular complexity index is 1440. The van der Waals surface area contributed by atoms with Gasteiger partial charge in [-0.05, 0) is 83.5 Å². The zero-order valence-electron chi connectivity index (χ0n) is 36.7. The molecule has 0 fully saturated rings. The highest BCUT2D eigenvalue weighted by Gasteiger charge is 2.19. The average Bonchev–Trinajstić information content (AvgIpc) is 3.23. The van der Waals surface area contributed by atoms with Crippen LogP contribution in [0, 0.1) is 0 Å². The Morgan fingerprint density at radius 1 is 0.356 bits per heavy atom. The van der Waals surface area contributed by atoms with Crippen LogP contribution in [0.1, 0.15) is 136 Å². The van der Waals surface area contributed by atoms with Crippen molar-refractivity contribution in [1.29, 1.82) is 0 Å². The van der Waals surface area contributed by atoms with Crippen molar-refractivity contribution in [2.75, 3.05) is 13.2 Å². The second-order valence-electron chi connectivity index (χ2n) is 13.7. The van der Waals surface area contributed by atoms with Crippen LogP contribution in [0.25, 0.3) is 0 Å². The Balaban J connectivity index is 4.59. The first kappa shape index (κ1) is 54.0. The molecule has 0 saturated carbocycles. The van der Waals surface area contributed by atoms with E-state index >= 15 is 0 Å². The Hall–Kier alpha value is -4.97. The fraction of sp³-hybridized carbons (Fsp3) is 0.453. The van der Waals surface area contributed by atoms with Crippen molar-refractivity contribution < 1.29 is 28.6 Å². The third-order valence-corrected chi connectivity index (χ3v) is 8.30. The normalized spacial score (nSPS) is 13.6. The molecule has 59 heavy (non-hydrogen) atoms. The summed E-state index contributed by atoms with van der Waals surface area (Å²) in [6, 6.07) is 0. The Morgan fingerprint density at radius 2 is 0.695 bits per heavy atom. The lowest BCUT2D eigenvalue weighted by molar-refractivity contribution is -0.167. The summed E-state index contributed by atoms with van der Waals surface area (Å²) in [5, 5.41) is 0. The summed E-state index contributed by atoms with van der Waals surface area (Å²) >= 11 is 0. The number of carbonyl (C=O) groups excluding carboxylic acids is 3. The fourth-order valence-corrected chi connectivity index (χ4v) is 5.06. The van der Waals surface area contributed by atoms with Crippen molar-refractivity contribution in [2.24, 2.45) is 0 Å². The number of hydrogen-bond donors (Lipinski definition) is 0. The van der Waals surface area contributed by atoms with E-state index in [1.165, 1.54) is 0 Å². The largest absolute Gasteiger partial charge is 0.462 e. The standard InChI is InChI=1S/C53H76O6/c1-4-7-10-13-16-19-21-23-24-25-26-27-28-30-31-34-37-40-43-46-52(55)58-49-50(48-57-51(54)45-42-39-36-33-18-15-12-9-6-3)59-53(56)47-44-41-38-35-32-29-22-20-17-14-11-8-5-2/h7-14,16-33,50H,4-6,15,34-49H2,1-3H3/b10-7-,11-8-,12-9-,16-13-,17-14-,21-19-,22-20-,24-23-,26-25+,28-27-,31-30-,32-29-,33-18-. The summed E-state index contributed by atoms with van der Waals surface area (Å²) in [5.41, 5.74) is 0. The molecule has 0 aliphatic carbocycles. The molecule has 0 aromatic rings. The van der Waals surface area contributed by atoms with Gasteiger partial charge < -0.3 is 14.2 Å². The molecular weight excluding hydrogens is 733 g/mol. The van der Waals surface area contributed by atoms with E-state index in [4.69, 9.17) is 14.2 Å². The fourth-order valence-electron chi connectivity index (χ4n) is 5.06. The van der Waals surface area contributed by atoms with Gasteiger partial charge in [-0.1, -0.05) is 192 Å². The number of ether oxygens (including phenoxy) is 3. The number of allylic oxidation sites excluding steroid dienone is 26. The van der Waals surface area contributed by atoms with E-state index in [1.54, 1.807) is 0 Å². The average molecular weight is 809 g/mol. The van der Waals surface area contributed by atoms with Crippen LogP contribution in [-0.2, 0) is 28.6 Å². The minimum absolute atomic E-state index is 0.135. The summed E-state index contributed by atoms with van der Waals surface area (Å²) in [6.45, 7) is 6.06. The smallest absolute Gasteiger partial charge is 0.306 e. The van der Waals surface area contributed by atoms with Crippen molar-refractivity contribution in [3.8, 4) is 0 Å². The predicted molar refractivity (Wildman–Crippen MR) is 251 cm³/mol. The topological polar surface area (TPSA) is 78.9 Å². The van der Waals surface area contributed by atoms with Gasteiger partial charge in [-0.15, -0.1) is 0 Å². The molecule has 1 atom stereocenters. The SMILES string of the molecule is CC\C=C/C=C\C=C/C=C\C=C\C=C/C=C\CCCCCC(=O)OCC(COC(=O)CCCC/C=C\C/C=C\CC)OC(=O)CCCCC\C=C/C=C\C=C/C=C\CC. The maximum atomic E-state index is 12.7. The van der Waals surface area contributed by atoms with Crippen LogP contribution in [0.3, 0.4) is 0 Å². The molecule has 0 saturated heterocycles. The molecule has 0 spiro atoms. The van der Waals surface area contributed by atoms with Crippen LogP contribution in [0.2, 0.25) is 0 Å². The van der Waals surface area contributed by atoms with Crippen molar-refractivity contribution >= 4 is 17.9 Å². The Labute approximate surface area is 359 Å². The van der Waals surface area contributed by atoms with E-state index in [0.29, 0.717) is 19.3 Å². The zero-order valence-corrected chi connectivity index (χ0v) is 36.7. The highest BCUT2D eigenvalue weighted by molar-refractivity contribution is 5.71. The van der Waals surface area contributed by atoms with Gasteiger partial charge in [-0.25, -0.2) is 0 Å². The first-order valence-corrected chi connectivity index (χ1v) is 22.1. The first-order chi connectivity index (χ1) is 29.0. The van der Waals surface area contributed by atoms with Crippen molar-refractivity contribution in [3.63, 3.8) is 0 Å². The Kier molecular flexibility index (Phi) is 41.9. The molecule has 0 aromatic heterocycles. The summed E-state index contributed by atoms with van der Waals surface area (Å²) in [7, 11) is 0. The molecule has 0 heterocycles. The quantitative estimate of drug-likeness (QED) is 0.0206. The van der Waals surface area contributed by atoms with Crippen LogP contribution in [0.15, 0.2) is 158 Å². The van der Waals surface area contributed by atoms with E-state index < -0.39 is 6.10 Å². The van der Waals surface area contributed by atoms with E-state index in [1.807, 2.05) is 109 Å². The summed E-state index contributed by atoms with van der Waals surface area (Å²) in [4.78, 5) is 37.7. The van der Waals surface area contributed by atoms with Crippen LogP contribution >= 0.6 is 0 Å². The van der Waals surface area contributed by atoms with Gasteiger partial charge in [0, 0.05) is 19.3 Å². The summed E-state index contributed by atoms with van der Waals surface area (Å²) in [6.07, 6.45) is 66.6. The molecule has 0 amide bonds. The van der Waals surface area contributed by atoms with Crippen LogP contribution < -0.4 is 0 Å². The molecule has 0 N–H and O–H groups in total. The van der Waals surface area contributed by atoms with Crippen molar-refractivity contribution in [3.05, 3.63) is 158 Å². The molecule has 0 aliphatic heterocycles. The van der Waals surface area contributed by atoms with Crippen molar-refractivity contribution in [2.45, 2.75) is 142 Å². The third kappa shape index (κ3) is 44.0. The zero-order chi connectivity index (χ0) is 43.0. The van der Waals surface area contributed by atoms with E-state index in [9.17, 15) is 14.4 Å². The van der Waals surface area contributed by atoms with Gasteiger partial charge in [0.05, 0.1) is 0 Å².